The molecule has 0 saturated carbocycles. The highest BCUT2D eigenvalue weighted by atomic mass is 19.4. The Kier molecular flexibility index (Phi) is 4.65. The lowest BCUT2D eigenvalue weighted by molar-refractivity contribution is -0.138. The second kappa shape index (κ2) is 6.26. The number of hydrogen-bond donors (Lipinski definition) is 1. The summed E-state index contributed by atoms with van der Waals surface area (Å²) in [6.07, 6.45) is -4.97. The predicted octanol–water partition coefficient (Wildman–Crippen LogP) is 4.98. The third kappa shape index (κ3) is 3.52. The molecule has 134 valence electrons. The van der Waals surface area contributed by atoms with E-state index in [4.69, 9.17) is 5.11 Å². The van der Waals surface area contributed by atoms with Gasteiger partial charge in [-0.15, -0.1) is 5.12 Å². The molecule has 2 aromatic rings. The maximum atomic E-state index is 14.2. The van der Waals surface area contributed by atoms with Crippen molar-refractivity contribution in [2.45, 2.75) is 12.2 Å². The van der Waals surface area contributed by atoms with E-state index in [9.17, 15) is 35.6 Å². The first-order chi connectivity index (χ1) is 11.5. The van der Waals surface area contributed by atoms with Gasteiger partial charge in [-0.05, 0) is 30.3 Å². The fraction of sp³-hybridized carbons (Fsp3) is 0.133. The SMILES string of the molecule is O=C(O)c1ccccc1N(F)C(F)(F)c1ccc(C(F)(F)F)cc1F. The Morgan fingerprint density at radius 2 is 1.60 bits per heavy atom. The van der Waals surface area contributed by atoms with E-state index < -0.39 is 51.5 Å². The van der Waals surface area contributed by atoms with Crippen molar-refractivity contribution in [2.24, 2.45) is 0 Å². The van der Waals surface area contributed by atoms with E-state index in [1.54, 1.807) is 0 Å². The van der Waals surface area contributed by atoms with Crippen LogP contribution in [-0.4, -0.2) is 11.1 Å². The number of carboxylic acids is 1. The highest BCUT2D eigenvalue weighted by molar-refractivity contribution is 5.94. The number of benzene rings is 2. The lowest BCUT2D eigenvalue weighted by Crippen LogP contribution is -2.35. The van der Waals surface area contributed by atoms with Gasteiger partial charge in [-0.3, -0.25) is 0 Å². The van der Waals surface area contributed by atoms with E-state index in [0.29, 0.717) is 6.07 Å². The van der Waals surface area contributed by atoms with E-state index in [0.717, 1.165) is 18.2 Å². The van der Waals surface area contributed by atoms with E-state index in [1.165, 1.54) is 0 Å². The summed E-state index contributed by atoms with van der Waals surface area (Å²) in [5.41, 5.74) is -5.12. The predicted molar refractivity (Wildman–Crippen MR) is 72.3 cm³/mol. The van der Waals surface area contributed by atoms with Gasteiger partial charge in [-0.25, -0.2) is 9.18 Å². The zero-order chi connectivity index (χ0) is 19.0. The van der Waals surface area contributed by atoms with Crippen LogP contribution in [0.1, 0.15) is 21.5 Å². The van der Waals surface area contributed by atoms with Crippen LogP contribution in [0.15, 0.2) is 42.5 Å². The molecule has 0 spiro atoms. The summed E-state index contributed by atoms with van der Waals surface area (Å²) in [4.78, 5) is 11.0. The molecule has 0 aliphatic heterocycles. The molecule has 0 heterocycles. The summed E-state index contributed by atoms with van der Waals surface area (Å²) in [5, 5.41) is 7.59. The number of nitrogens with zero attached hydrogens (tertiary/aromatic N) is 1. The Hall–Kier alpha value is -2.78. The van der Waals surface area contributed by atoms with Crippen LogP contribution in [-0.2, 0) is 12.2 Å². The minimum absolute atomic E-state index is 0.0914. The molecule has 0 radical (unpaired) electrons. The zero-order valence-corrected chi connectivity index (χ0v) is 12.0. The molecule has 0 saturated heterocycles. The molecule has 0 aliphatic rings. The zero-order valence-electron chi connectivity index (χ0n) is 12.0. The van der Waals surface area contributed by atoms with Crippen LogP contribution < -0.4 is 5.12 Å². The molecule has 10 heteroatoms. The van der Waals surface area contributed by atoms with Gasteiger partial charge < -0.3 is 5.11 Å². The monoisotopic (exact) mass is 367 g/mol. The molecule has 0 aromatic heterocycles. The van der Waals surface area contributed by atoms with Crippen LogP contribution in [0.25, 0.3) is 0 Å². The largest absolute Gasteiger partial charge is 0.478 e. The van der Waals surface area contributed by atoms with Crippen molar-refractivity contribution in [2.75, 3.05) is 5.12 Å². The number of rotatable bonds is 4. The van der Waals surface area contributed by atoms with E-state index >= 15 is 0 Å². The lowest BCUT2D eigenvalue weighted by Gasteiger charge is -2.26. The van der Waals surface area contributed by atoms with Crippen molar-refractivity contribution < 1.29 is 40.7 Å². The Morgan fingerprint density at radius 3 is 2.12 bits per heavy atom. The quantitative estimate of drug-likeness (QED) is 0.471. The maximum Gasteiger partial charge on any atom is 0.416 e. The number of anilines is 1. The molecule has 2 rings (SSSR count). The molecule has 2 aromatic carbocycles. The van der Waals surface area contributed by atoms with Crippen LogP contribution in [0, 0.1) is 5.82 Å². The topological polar surface area (TPSA) is 40.5 Å². The standard InChI is InChI=1S/C15H8F7NO2/c16-11-7-8(14(17,18)19)5-6-10(11)15(20,21)23(22)12-4-2-1-3-9(12)13(24)25/h1-7H,(H,24,25). The molecule has 0 unspecified atom stereocenters. The van der Waals surface area contributed by atoms with Crippen molar-refractivity contribution in [3.63, 3.8) is 0 Å². The highest BCUT2D eigenvalue weighted by Gasteiger charge is 2.45. The first kappa shape index (κ1) is 18.6. The minimum Gasteiger partial charge on any atom is -0.478 e. The summed E-state index contributed by atoms with van der Waals surface area (Å²) < 4.78 is 93.7. The minimum atomic E-state index is -4.97. The third-order valence-electron chi connectivity index (χ3n) is 3.21. The molecule has 0 aliphatic carbocycles. The van der Waals surface area contributed by atoms with Crippen LogP contribution >= 0.6 is 0 Å². The van der Waals surface area contributed by atoms with Gasteiger partial charge >= 0.3 is 18.2 Å². The van der Waals surface area contributed by atoms with Gasteiger partial charge in [0.25, 0.3) is 0 Å². The first-order valence-corrected chi connectivity index (χ1v) is 6.49. The summed E-state index contributed by atoms with van der Waals surface area (Å²) in [6, 6.07) is -0.925. The number of carbonyl (C=O) groups is 1. The van der Waals surface area contributed by atoms with Crippen LogP contribution in [0.3, 0.4) is 0 Å². The van der Waals surface area contributed by atoms with E-state index in [1.807, 2.05) is 0 Å². The van der Waals surface area contributed by atoms with Gasteiger partial charge in [0.05, 0.1) is 22.4 Å². The summed E-state index contributed by atoms with van der Waals surface area (Å²) >= 11 is 0. The average Bonchev–Trinajstić information content (AvgIpc) is 2.52. The van der Waals surface area contributed by atoms with Crippen molar-refractivity contribution >= 4 is 11.7 Å². The van der Waals surface area contributed by atoms with Crippen molar-refractivity contribution in [3.05, 3.63) is 65.0 Å². The Balaban J connectivity index is 2.50. The fourth-order valence-electron chi connectivity index (χ4n) is 2.02. The molecular weight excluding hydrogens is 359 g/mol. The van der Waals surface area contributed by atoms with E-state index in [-0.39, 0.29) is 18.2 Å². The molecule has 0 atom stereocenters. The van der Waals surface area contributed by atoms with Crippen molar-refractivity contribution in [1.29, 1.82) is 0 Å². The lowest BCUT2D eigenvalue weighted by atomic mass is 10.1. The Morgan fingerprint density at radius 1 is 1.00 bits per heavy atom. The van der Waals surface area contributed by atoms with Gasteiger partial charge in [0.1, 0.15) is 5.82 Å². The highest BCUT2D eigenvalue weighted by Crippen LogP contribution is 2.40. The summed E-state index contributed by atoms with van der Waals surface area (Å²) in [5.74, 6) is -3.71. The normalized spacial score (nSPS) is 12.1. The summed E-state index contributed by atoms with van der Waals surface area (Å²) in [7, 11) is 0. The van der Waals surface area contributed by atoms with Gasteiger partial charge in [0.2, 0.25) is 0 Å². The van der Waals surface area contributed by atoms with Crippen LogP contribution in [0.4, 0.5) is 36.5 Å². The number of hydrogen-bond acceptors (Lipinski definition) is 2. The van der Waals surface area contributed by atoms with Gasteiger partial charge in [0.15, 0.2) is 0 Å². The maximum absolute atomic E-state index is 14.2. The number of alkyl halides is 5. The molecule has 0 fully saturated rings. The Bertz CT molecular complexity index is 805. The van der Waals surface area contributed by atoms with Gasteiger partial charge in [0, 0.05) is 0 Å². The number of carboxylic acid groups (broad SMARTS) is 1. The first-order valence-electron chi connectivity index (χ1n) is 6.49. The third-order valence-corrected chi connectivity index (χ3v) is 3.21. The molecule has 0 bridgehead atoms. The number of halogens is 7. The molecule has 0 amide bonds. The van der Waals surface area contributed by atoms with Gasteiger partial charge in [-0.1, -0.05) is 16.6 Å². The number of aromatic carboxylic acids is 1. The molecule has 1 N–H and O–H groups in total. The van der Waals surface area contributed by atoms with Crippen LogP contribution in [0.2, 0.25) is 0 Å². The van der Waals surface area contributed by atoms with Crippen molar-refractivity contribution in [1.82, 2.24) is 0 Å². The van der Waals surface area contributed by atoms with Crippen molar-refractivity contribution in [3.8, 4) is 0 Å². The second-order valence-electron chi connectivity index (χ2n) is 4.84. The van der Waals surface area contributed by atoms with Gasteiger partial charge in [-0.2, -0.15) is 22.0 Å². The van der Waals surface area contributed by atoms with E-state index in [2.05, 4.69) is 0 Å². The molecular formula is C15H8F7NO2. The average molecular weight is 367 g/mol. The second-order valence-corrected chi connectivity index (χ2v) is 4.84. The molecule has 3 nitrogen and oxygen atoms in total. The smallest absolute Gasteiger partial charge is 0.416 e. The summed E-state index contributed by atoms with van der Waals surface area (Å²) in [6.45, 7) is 0. The number of para-hydroxylation sites is 1. The van der Waals surface area contributed by atoms with Crippen LogP contribution in [0.5, 0.6) is 0 Å². The Labute approximate surface area is 135 Å². The molecule has 25 heavy (non-hydrogen) atoms. The fourth-order valence-corrected chi connectivity index (χ4v) is 2.02.